The second-order valence-corrected chi connectivity index (χ2v) is 7.15. The lowest BCUT2D eigenvalue weighted by Crippen LogP contribution is -2.41. The Morgan fingerprint density at radius 1 is 1.35 bits per heavy atom. The molecule has 3 heteroatoms. The molecule has 1 heterocycles. The van der Waals surface area contributed by atoms with E-state index < -0.39 is 0 Å². The van der Waals surface area contributed by atoms with Crippen molar-refractivity contribution in [2.75, 3.05) is 0 Å². The van der Waals surface area contributed by atoms with Crippen LogP contribution in [-0.2, 0) is 0 Å². The number of benzene rings is 1. The maximum atomic E-state index is 12.5. The lowest BCUT2D eigenvalue weighted by molar-refractivity contribution is 0.0289. The van der Waals surface area contributed by atoms with Gasteiger partial charge in [-0.3, -0.25) is 4.79 Å². The van der Waals surface area contributed by atoms with E-state index in [1.807, 2.05) is 18.2 Å². The smallest absolute Gasteiger partial charge is 0.170 e. The highest BCUT2D eigenvalue weighted by Crippen LogP contribution is 2.43. The summed E-state index contributed by atoms with van der Waals surface area (Å²) >= 11 is 3.43. The van der Waals surface area contributed by atoms with Gasteiger partial charge in [-0.1, -0.05) is 35.7 Å². The van der Waals surface area contributed by atoms with Crippen LogP contribution >= 0.6 is 15.9 Å². The summed E-state index contributed by atoms with van der Waals surface area (Å²) in [6.07, 6.45) is 7.48. The van der Waals surface area contributed by atoms with Gasteiger partial charge in [0.05, 0.1) is 12.0 Å². The van der Waals surface area contributed by atoms with Crippen LogP contribution in [0.3, 0.4) is 0 Å². The van der Waals surface area contributed by atoms with Crippen LogP contribution < -0.4 is 4.74 Å². The number of rotatable bonds is 1. The molecule has 2 aliphatic rings. The first-order chi connectivity index (χ1) is 9.62. The van der Waals surface area contributed by atoms with Crippen molar-refractivity contribution in [1.82, 2.24) is 0 Å². The van der Waals surface area contributed by atoms with E-state index in [0.717, 1.165) is 34.5 Å². The summed E-state index contributed by atoms with van der Waals surface area (Å²) in [5.41, 5.74) is 0.503. The number of Topliss-reactive ketones (excluding diaryl/α,β-unsaturated/α-hetero) is 1. The highest BCUT2D eigenvalue weighted by Gasteiger charge is 2.41. The molecule has 0 aromatic heterocycles. The van der Waals surface area contributed by atoms with Crippen molar-refractivity contribution in [3.63, 3.8) is 0 Å². The van der Waals surface area contributed by atoms with Crippen LogP contribution in [-0.4, -0.2) is 11.4 Å². The van der Waals surface area contributed by atoms with E-state index in [1.54, 1.807) is 0 Å². The third kappa shape index (κ3) is 2.65. The molecule has 1 saturated carbocycles. The number of halogens is 1. The van der Waals surface area contributed by atoms with Gasteiger partial charge in [-0.25, -0.2) is 0 Å². The highest BCUT2D eigenvalue weighted by atomic mass is 79.9. The fraction of sp³-hybridized carbons (Fsp3) is 0.588. The minimum absolute atomic E-state index is 0.234. The lowest BCUT2D eigenvalue weighted by atomic mass is 9.84. The Kier molecular flexibility index (Phi) is 3.89. The molecule has 0 N–H and O–H groups in total. The fourth-order valence-electron chi connectivity index (χ4n) is 3.60. The summed E-state index contributed by atoms with van der Waals surface area (Å²) in [5.74, 6) is 1.82. The summed E-state index contributed by atoms with van der Waals surface area (Å²) in [7, 11) is 0. The third-order valence-corrected chi connectivity index (χ3v) is 5.37. The molecule has 2 unspecified atom stereocenters. The van der Waals surface area contributed by atoms with Crippen LogP contribution in [0.4, 0.5) is 0 Å². The third-order valence-electron chi connectivity index (χ3n) is 4.88. The second kappa shape index (κ2) is 5.51. The molecule has 2 nitrogen and oxygen atoms in total. The molecule has 1 aromatic rings. The number of hydrogen-bond donors (Lipinski definition) is 0. The molecule has 0 saturated heterocycles. The molecule has 0 radical (unpaired) electrons. The molecule has 1 aliphatic heterocycles. The zero-order chi connectivity index (χ0) is 14.2. The molecule has 1 aromatic carbocycles. The van der Waals surface area contributed by atoms with Crippen LogP contribution in [0.1, 0.15) is 62.2 Å². The van der Waals surface area contributed by atoms with Crippen molar-refractivity contribution in [2.24, 2.45) is 5.92 Å². The minimum atomic E-state index is -0.234. The normalized spacial score (nSPS) is 29.7. The van der Waals surface area contributed by atoms with Gasteiger partial charge in [0.15, 0.2) is 5.78 Å². The van der Waals surface area contributed by atoms with E-state index in [2.05, 4.69) is 22.9 Å². The number of carbonyl (C=O) groups excluding carboxylic acids is 1. The molecule has 108 valence electrons. The van der Waals surface area contributed by atoms with Crippen molar-refractivity contribution in [3.05, 3.63) is 28.2 Å². The van der Waals surface area contributed by atoms with Gasteiger partial charge >= 0.3 is 0 Å². The van der Waals surface area contributed by atoms with Crippen molar-refractivity contribution < 1.29 is 9.53 Å². The van der Waals surface area contributed by atoms with Gasteiger partial charge in [0.25, 0.3) is 0 Å². The summed E-state index contributed by atoms with van der Waals surface area (Å²) in [5, 5.41) is 0. The summed E-state index contributed by atoms with van der Waals surface area (Å²) in [4.78, 5) is 12.5. The van der Waals surface area contributed by atoms with E-state index in [9.17, 15) is 4.79 Å². The first kappa shape index (κ1) is 14.1. The van der Waals surface area contributed by atoms with Gasteiger partial charge in [0.1, 0.15) is 11.4 Å². The average molecular weight is 337 g/mol. The summed E-state index contributed by atoms with van der Waals surface area (Å²) in [6.45, 7) is 2.27. The lowest BCUT2D eigenvalue weighted by Gasteiger charge is -2.37. The maximum Gasteiger partial charge on any atom is 0.170 e. The Morgan fingerprint density at radius 2 is 2.20 bits per heavy atom. The van der Waals surface area contributed by atoms with Gasteiger partial charge in [0, 0.05) is 4.47 Å². The number of ether oxygens (including phenoxy) is 1. The number of carbonyl (C=O) groups is 1. The molecule has 20 heavy (non-hydrogen) atoms. The van der Waals surface area contributed by atoms with Crippen molar-refractivity contribution in [3.8, 4) is 5.75 Å². The molecule has 1 spiro atoms. The first-order valence-electron chi connectivity index (χ1n) is 7.64. The molecule has 3 rings (SSSR count). The molecule has 2 atom stereocenters. The number of fused-ring (bicyclic) bond motifs is 1. The molecule has 1 aliphatic carbocycles. The van der Waals surface area contributed by atoms with E-state index >= 15 is 0 Å². The zero-order valence-corrected chi connectivity index (χ0v) is 13.5. The number of ketones is 1. The van der Waals surface area contributed by atoms with Crippen LogP contribution in [0, 0.1) is 5.92 Å². The quantitative estimate of drug-likeness (QED) is 0.709. The summed E-state index contributed by atoms with van der Waals surface area (Å²) < 4.78 is 7.26. The molecule has 0 bridgehead atoms. The van der Waals surface area contributed by atoms with E-state index in [-0.39, 0.29) is 11.4 Å². The van der Waals surface area contributed by atoms with Crippen LogP contribution in [0.15, 0.2) is 22.7 Å². The molecule has 1 fully saturated rings. The van der Waals surface area contributed by atoms with Crippen LogP contribution in [0.2, 0.25) is 0 Å². The predicted molar refractivity (Wildman–Crippen MR) is 83.3 cm³/mol. The Bertz CT molecular complexity index is 526. The Labute approximate surface area is 129 Å². The SMILES string of the molecule is CCC1CCCC2(CC1)CC(=O)c1cc(Br)ccc1O2. The topological polar surface area (TPSA) is 26.3 Å². The second-order valence-electron chi connectivity index (χ2n) is 6.23. The Morgan fingerprint density at radius 3 is 3.00 bits per heavy atom. The largest absolute Gasteiger partial charge is 0.486 e. The Balaban J connectivity index is 1.87. The van der Waals surface area contributed by atoms with Gasteiger partial charge in [-0.2, -0.15) is 0 Å². The first-order valence-corrected chi connectivity index (χ1v) is 8.43. The average Bonchev–Trinajstić information content (AvgIpc) is 2.62. The van der Waals surface area contributed by atoms with Gasteiger partial charge in [-0.15, -0.1) is 0 Å². The van der Waals surface area contributed by atoms with Crippen LogP contribution in [0.25, 0.3) is 0 Å². The van der Waals surface area contributed by atoms with Crippen molar-refractivity contribution in [2.45, 2.75) is 57.5 Å². The van der Waals surface area contributed by atoms with Gasteiger partial charge in [0.2, 0.25) is 0 Å². The maximum absolute atomic E-state index is 12.5. The highest BCUT2D eigenvalue weighted by molar-refractivity contribution is 9.10. The van der Waals surface area contributed by atoms with E-state index in [4.69, 9.17) is 4.74 Å². The van der Waals surface area contributed by atoms with E-state index in [1.165, 1.54) is 25.7 Å². The van der Waals surface area contributed by atoms with E-state index in [0.29, 0.717) is 6.42 Å². The monoisotopic (exact) mass is 336 g/mol. The van der Waals surface area contributed by atoms with Gasteiger partial charge in [-0.05, 0) is 49.8 Å². The molecular weight excluding hydrogens is 316 g/mol. The zero-order valence-electron chi connectivity index (χ0n) is 12.0. The molecular formula is C17H21BrO2. The van der Waals surface area contributed by atoms with Crippen LogP contribution in [0.5, 0.6) is 5.75 Å². The van der Waals surface area contributed by atoms with Crippen molar-refractivity contribution in [1.29, 1.82) is 0 Å². The summed E-state index contributed by atoms with van der Waals surface area (Å²) in [6, 6.07) is 5.77. The predicted octanol–water partition coefficient (Wildman–Crippen LogP) is 5.14. The number of hydrogen-bond acceptors (Lipinski definition) is 2. The van der Waals surface area contributed by atoms with Crippen molar-refractivity contribution >= 4 is 21.7 Å². The fourth-order valence-corrected chi connectivity index (χ4v) is 3.96. The minimum Gasteiger partial charge on any atom is -0.486 e. The standard InChI is InChI=1S/C17H21BrO2/c1-2-12-4-3-8-17(9-7-12)11-15(19)14-10-13(18)5-6-16(14)20-17/h5-6,10,12H,2-4,7-9,11H2,1H3. The molecule has 0 amide bonds. The Hall–Kier alpha value is -0.830. The van der Waals surface area contributed by atoms with Gasteiger partial charge < -0.3 is 4.74 Å².